The van der Waals surface area contributed by atoms with E-state index in [1.54, 1.807) is 11.1 Å². The second-order valence-electron chi connectivity index (χ2n) is 7.17. The SMILES string of the molecule is CCCOc1ccccc1CCNC(=O)N1CCC(O)(c2ccccn2)CC1. The summed E-state index contributed by atoms with van der Waals surface area (Å²) >= 11 is 0. The van der Waals surface area contributed by atoms with Gasteiger partial charge < -0.3 is 20.1 Å². The van der Waals surface area contributed by atoms with Crippen LogP contribution in [-0.2, 0) is 12.0 Å². The average Bonchev–Trinajstić information content (AvgIpc) is 2.74. The Kier molecular flexibility index (Phi) is 6.87. The molecular formula is C22H29N3O3. The minimum Gasteiger partial charge on any atom is -0.493 e. The normalized spacial score (nSPS) is 15.9. The van der Waals surface area contributed by atoms with Gasteiger partial charge in [-0.2, -0.15) is 0 Å². The van der Waals surface area contributed by atoms with Gasteiger partial charge in [0.25, 0.3) is 0 Å². The Bertz CT molecular complexity index is 759. The summed E-state index contributed by atoms with van der Waals surface area (Å²) in [6.07, 6.45) is 4.35. The van der Waals surface area contributed by atoms with Crippen molar-refractivity contribution in [1.29, 1.82) is 0 Å². The van der Waals surface area contributed by atoms with Crippen molar-refractivity contribution in [3.05, 3.63) is 59.9 Å². The predicted octanol–water partition coefficient (Wildman–Crippen LogP) is 3.11. The number of para-hydroxylation sites is 1. The van der Waals surface area contributed by atoms with Gasteiger partial charge in [-0.25, -0.2) is 4.79 Å². The van der Waals surface area contributed by atoms with Crippen LogP contribution in [0.15, 0.2) is 48.7 Å². The largest absolute Gasteiger partial charge is 0.493 e. The molecule has 1 aliphatic heterocycles. The number of rotatable bonds is 7. The van der Waals surface area contributed by atoms with Crippen LogP contribution in [0.25, 0.3) is 0 Å². The van der Waals surface area contributed by atoms with E-state index >= 15 is 0 Å². The fourth-order valence-electron chi connectivity index (χ4n) is 3.45. The lowest BCUT2D eigenvalue weighted by Crippen LogP contribution is -2.49. The molecule has 1 aromatic carbocycles. The van der Waals surface area contributed by atoms with Crippen LogP contribution in [0.3, 0.4) is 0 Å². The van der Waals surface area contributed by atoms with E-state index in [2.05, 4.69) is 17.2 Å². The summed E-state index contributed by atoms with van der Waals surface area (Å²) in [7, 11) is 0. The maximum atomic E-state index is 12.5. The minimum atomic E-state index is -0.951. The zero-order chi connectivity index (χ0) is 19.8. The smallest absolute Gasteiger partial charge is 0.317 e. The molecule has 28 heavy (non-hydrogen) atoms. The number of hydrogen-bond acceptors (Lipinski definition) is 4. The Morgan fingerprint density at radius 2 is 1.96 bits per heavy atom. The van der Waals surface area contributed by atoms with Gasteiger partial charge in [-0.15, -0.1) is 0 Å². The Labute approximate surface area is 166 Å². The Morgan fingerprint density at radius 1 is 1.21 bits per heavy atom. The third-order valence-electron chi connectivity index (χ3n) is 5.12. The van der Waals surface area contributed by atoms with Crippen molar-refractivity contribution in [2.75, 3.05) is 26.2 Å². The van der Waals surface area contributed by atoms with Crippen LogP contribution in [0.2, 0.25) is 0 Å². The fraction of sp³-hybridized carbons (Fsp3) is 0.455. The third kappa shape index (κ3) is 5.01. The van der Waals surface area contributed by atoms with Crippen molar-refractivity contribution in [1.82, 2.24) is 15.2 Å². The van der Waals surface area contributed by atoms with Crippen molar-refractivity contribution in [3.8, 4) is 5.75 Å². The summed E-state index contributed by atoms with van der Waals surface area (Å²) in [5.74, 6) is 0.886. The van der Waals surface area contributed by atoms with E-state index in [0.29, 0.717) is 44.8 Å². The molecular weight excluding hydrogens is 354 g/mol. The molecule has 1 aromatic heterocycles. The molecule has 6 heteroatoms. The molecule has 2 aromatic rings. The van der Waals surface area contributed by atoms with Crippen molar-refractivity contribution in [3.63, 3.8) is 0 Å². The molecule has 0 saturated carbocycles. The number of aromatic nitrogens is 1. The number of pyridine rings is 1. The maximum Gasteiger partial charge on any atom is 0.317 e. The molecule has 3 rings (SSSR count). The standard InChI is InChI=1S/C22H29N3O3/c1-2-17-28-19-8-4-3-7-18(19)10-14-24-21(26)25-15-11-22(27,12-16-25)20-9-5-6-13-23-20/h3-9,13,27H,2,10-12,14-17H2,1H3,(H,24,26). The highest BCUT2D eigenvalue weighted by molar-refractivity contribution is 5.74. The molecule has 2 N–H and O–H groups in total. The monoisotopic (exact) mass is 383 g/mol. The zero-order valence-electron chi connectivity index (χ0n) is 16.4. The van der Waals surface area contributed by atoms with Crippen LogP contribution in [0, 0.1) is 0 Å². The first-order valence-corrected chi connectivity index (χ1v) is 10.00. The summed E-state index contributed by atoms with van der Waals surface area (Å²) in [6.45, 7) is 4.34. The highest BCUT2D eigenvalue weighted by Gasteiger charge is 2.36. The highest BCUT2D eigenvalue weighted by atomic mass is 16.5. The minimum absolute atomic E-state index is 0.0879. The molecule has 0 spiro atoms. The molecule has 1 saturated heterocycles. The van der Waals surface area contributed by atoms with Crippen LogP contribution < -0.4 is 10.1 Å². The van der Waals surface area contributed by atoms with Crippen molar-refractivity contribution in [2.24, 2.45) is 0 Å². The third-order valence-corrected chi connectivity index (χ3v) is 5.12. The number of amides is 2. The average molecular weight is 383 g/mol. The second kappa shape index (κ2) is 9.55. The van der Waals surface area contributed by atoms with Gasteiger partial charge in [0, 0.05) is 25.8 Å². The van der Waals surface area contributed by atoms with E-state index in [4.69, 9.17) is 4.74 Å². The van der Waals surface area contributed by atoms with Crippen LogP contribution >= 0.6 is 0 Å². The van der Waals surface area contributed by atoms with Crippen molar-refractivity contribution >= 4 is 6.03 Å². The van der Waals surface area contributed by atoms with E-state index in [1.165, 1.54) is 0 Å². The molecule has 0 atom stereocenters. The molecule has 2 heterocycles. The number of hydrogen-bond donors (Lipinski definition) is 2. The van der Waals surface area contributed by atoms with Crippen LogP contribution in [-0.4, -0.2) is 47.3 Å². The van der Waals surface area contributed by atoms with Gasteiger partial charge in [0.1, 0.15) is 11.4 Å². The number of carbonyl (C=O) groups is 1. The number of urea groups is 1. The molecule has 0 unspecified atom stereocenters. The predicted molar refractivity (Wildman–Crippen MR) is 108 cm³/mol. The first-order chi connectivity index (χ1) is 13.6. The Morgan fingerprint density at radius 3 is 2.68 bits per heavy atom. The van der Waals surface area contributed by atoms with Crippen LogP contribution in [0.4, 0.5) is 4.79 Å². The molecule has 1 fully saturated rings. The summed E-state index contributed by atoms with van der Waals surface area (Å²) in [5, 5.41) is 13.8. The first-order valence-electron chi connectivity index (χ1n) is 10.00. The van der Waals surface area contributed by atoms with E-state index in [1.807, 2.05) is 42.5 Å². The summed E-state index contributed by atoms with van der Waals surface area (Å²) < 4.78 is 5.77. The molecule has 6 nitrogen and oxygen atoms in total. The molecule has 150 valence electrons. The Hall–Kier alpha value is -2.60. The van der Waals surface area contributed by atoms with Crippen LogP contribution in [0.1, 0.15) is 37.4 Å². The zero-order valence-corrected chi connectivity index (χ0v) is 16.4. The van der Waals surface area contributed by atoms with Gasteiger partial charge in [-0.3, -0.25) is 4.98 Å². The lowest BCUT2D eigenvalue weighted by Gasteiger charge is -2.37. The van der Waals surface area contributed by atoms with Gasteiger partial charge in [0.2, 0.25) is 0 Å². The molecule has 2 amide bonds. The lowest BCUT2D eigenvalue weighted by atomic mass is 9.88. The number of aliphatic hydroxyl groups is 1. The maximum absolute atomic E-state index is 12.5. The number of piperidine rings is 1. The quantitative estimate of drug-likeness (QED) is 0.770. The van der Waals surface area contributed by atoms with Gasteiger partial charge in [0.05, 0.1) is 12.3 Å². The van der Waals surface area contributed by atoms with Gasteiger partial charge >= 0.3 is 6.03 Å². The number of ether oxygens (including phenoxy) is 1. The summed E-state index contributed by atoms with van der Waals surface area (Å²) in [5.41, 5.74) is 0.825. The molecule has 0 bridgehead atoms. The number of carbonyl (C=O) groups excluding carboxylic acids is 1. The lowest BCUT2D eigenvalue weighted by molar-refractivity contribution is -0.0203. The van der Waals surface area contributed by atoms with E-state index in [0.717, 1.165) is 24.2 Å². The number of nitrogens with one attached hydrogen (secondary N) is 1. The molecule has 0 radical (unpaired) electrons. The summed E-state index contributed by atoms with van der Waals surface area (Å²) in [6, 6.07) is 13.4. The second-order valence-corrected chi connectivity index (χ2v) is 7.17. The van der Waals surface area contributed by atoms with Gasteiger partial charge in [-0.1, -0.05) is 31.2 Å². The first kappa shape index (κ1) is 20.1. The summed E-state index contributed by atoms with van der Waals surface area (Å²) in [4.78, 5) is 18.5. The Balaban J connectivity index is 1.47. The number of likely N-dealkylation sites (tertiary alicyclic amines) is 1. The molecule has 0 aliphatic carbocycles. The van der Waals surface area contributed by atoms with Crippen molar-refractivity contribution < 1.29 is 14.6 Å². The van der Waals surface area contributed by atoms with Gasteiger partial charge in [-0.05, 0) is 49.4 Å². The van der Waals surface area contributed by atoms with E-state index in [-0.39, 0.29) is 6.03 Å². The topological polar surface area (TPSA) is 74.7 Å². The fourth-order valence-corrected chi connectivity index (χ4v) is 3.45. The van der Waals surface area contributed by atoms with Crippen LogP contribution in [0.5, 0.6) is 5.75 Å². The number of nitrogens with zero attached hydrogens (tertiary/aromatic N) is 2. The van der Waals surface area contributed by atoms with E-state index < -0.39 is 5.60 Å². The number of benzene rings is 1. The van der Waals surface area contributed by atoms with Crippen molar-refractivity contribution in [2.45, 2.75) is 38.2 Å². The molecule has 1 aliphatic rings. The highest BCUT2D eigenvalue weighted by Crippen LogP contribution is 2.31. The van der Waals surface area contributed by atoms with Gasteiger partial charge in [0.15, 0.2) is 0 Å². The van der Waals surface area contributed by atoms with E-state index in [9.17, 15) is 9.90 Å².